The number of ketones is 1. The highest BCUT2D eigenvalue weighted by atomic mass is 19.1. The summed E-state index contributed by atoms with van der Waals surface area (Å²) in [4.78, 5) is 11.4. The van der Waals surface area contributed by atoms with Gasteiger partial charge in [-0.05, 0) is 18.6 Å². The van der Waals surface area contributed by atoms with Crippen molar-refractivity contribution in [3.63, 3.8) is 0 Å². The van der Waals surface area contributed by atoms with Crippen molar-refractivity contribution in [2.45, 2.75) is 19.9 Å². The molecule has 0 aliphatic rings. The van der Waals surface area contributed by atoms with E-state index >= 15 is 0 Å². The van der Waals surface area contributed by atoms with Crippen LogP contribution in [-0.2, 0) is 0 Å². The molecular formula is C14H14FNO. The molecule has 0 spiro atoms. The zero-order valence-electron chi connectivity index (χ0n) is 9.85. The molecule has 1 atom stereocenters. The van der Waals surface area contributed by atoms with Crippen molar-refractivity contribution in [3.05, 3.63) is 59.7 Å². The summed E-state index contributed by atoms with van der Waals surface area (Å²) in [5.74, 6) is -0.712. The first-order chi connectivity index (χ1) is 8.11. The van der Waals surface area contributed by atoms with E-state index in [0.717, 1.165) is 5.56 Å². The number of nitrogens with zero attached hydrogens (tertiary/aromatic N) is 1. The Morgan fingerprint density at radius 2 is 1.88 bits per heavy atom. The third-order valence-electron chi connectivity index (χ3n) is 2.90. The van der Waals surface area contributed by atoms with Gasteiger partial charge in [-0.3, -0.25) is 4.79 Å². The Kier molecular flexibility index (Phi) is 3.09. The summed E-state index contributed by atoms with van der Waals surface area (Å²) in [5.41, 5.74) is 1.19. The first-order valence-electron chi connectivity index (χ1n) is 5.53. The summed E-state index contributed by atoms with van der Waals surface area (Å²) in [5, 5.41) is 0. The van der Waals surface area contributed by atoms with Crippen LogP contribution >= 0.6 is 0 Å². The number of hydrogen-bond acceptors (Lipinski definition) is 1. The van der Waals surface area contributed by atoms with Crippen molar-refractivity contribution < 1.29 is 9.18 Å². The first kappa shape index (κ1) is 11.6. The summed E-state index contributed by atoms with van der Waals surface area (Å²) in [6, 6.07) is 11.0. The standard InChI is InChI=1S/C14H14FNO/c1-10(12-6-4-3-5-7-12)16-9-8-13(15)14(16)11(2)17/h3-10H,1-2H3/t10-/m1/s1. The highest BCUT2D eigenvalue weighted by Gasteiger charge is 2.18. The summed E-state index contributed by atoms with van der Waals surface area (Å²) in [7, 11) is 0. The maximum Gasteiger partial charge on any atom is 0.179 e. The highest BCUT2D eigenvalue weighted by molar-refractivity contribution is 5.92. The molecule has 17 heavy (non-hydrogen) atoms. The average molecular weight is 231 g/mol. The molecular weight excluding hydrogens is 217 g/mol. The fourth-order valence-electron chi connectivity index (χ4n) is 1.99. The Hall–Kier alpha value is -1.90. The Morgan fingerprint density at radius 1 is 1.24 bits per heavy atom. The van der Waals surface area contributed by atoms with Crippen molar-refractivity contribution in [1.82, 2.24) is 4.57 Å². The topological polar surface area (TPSA) is 22.0 Å². The molecule has 0 aliphatic carbocycles. The SMILES string of the molecule is CC(=O)c1c(F)ccn1[C@H](C)c1ccccc1. The van der Waals surface area contributed by atoms with Crippen molar-refractivity contribution in [2.24, 2.45) is 0 Å². The van der Waals surface area contributed by atoms with E-state index in [4.69, 9.17) is 0 Å². The number of aromatic nitrogens is 1. The maximum atomic E-state index is 13.5. The molecule has 0 saturated carbocycles. The average Bonchev–Trinajstić information content (AvgIpc) is 2.71. The summed E-state index contributed by atoms with van der Waals surface area (Å²) in [6.07, 6.45) is 1.61. The number of carbonyl (C=O) groups excluding carboxylic acids is 1. The number of halogens is 1. The molecule has 1 aromatic carbocycles. The maximum absolute atomic E-state index is 13.5. The van der Waals surface area contributed by atoms with Gasteiger partial charge in [0.15, 0.2) is 11.6 Å². The first-order valence-corrected chi connectivity index (χ1v) is 5.53. The fourth-order valence-corrected chi connectivity index (χ4v) is 1.99. The van der Waals surface area contributed by atoms with Crippen LogP contribution in [0, 0.1) is 5.82 Å². The van der Waals surface area contributed by atoms with Gasteiger partial charge in [-0.15, -0.1) is 0 Å². The lowest BCUT2D eigenvalue weighted by Gasteiger charge is -2.16. The lowest BCUT2D eigenvalue weighted by Crippen LogP contribution is -2.12. The molecule has 2 rings (SSSR count). The van der Waals surface area contributed by atoms with Crippen LogP contribution in [0.5, 0.6) is 0 Å². The highest BCUT2D eigenvalue weighted by Crippen LogP contribution is 2.22. The molecule has 0 radical (unpaired) electrons. The van der Waals surface area contributed by atoms with Crippen molar-refractivity contribution in [2.75, 3.05) is 0 Å². The number of carbonyl (C=O) groups is 1. The predicted molar refractivity (Wildman–Crippen MR) is 64.6 cm³/mol. The van der Waals surface area contributed by atoms with E-state index < -0.39 is 5.82 Å². The van der Waals surface area contributed by atoms with Gasteiger partial charge < -0.3 is 4.57 Å². The third kappa shape index (κ3) is 2.13. The van der Waals surface area contributed by atoms with Crippen LogP contribution in [0.4, 0.5) is 4.39 Å². The zero-order chi connectivity index (χ0) is 12.4. The Balaban J connectivity index is 2.45. The van der Waals surface area contributed by atoms with Crippen LogP contribution in [0.15, 0.2) is 42.6 Å². The van der Waals surface area contributed by atoms with Crippen LogP contribution in [0.2, 0.25) is 0 Å². The van der Waals surface area contributed by atoms with Crippen LogP contribution in [-0.4, -0.2) is 10.4 Å². The molecule has 0 bridgehead atoms. The zero-order valence-corrected chi connectivity index (χ0v) is 9.85. The Morgan fingerprint density at radius 3 is 2.47 bits per heavy atom. The molecule has 0 saturated heterocycles. The van der Waals surface area contributed by atoms with Crippen LogP contribution in [0.3, 0.4) is 0 Å². The van der Waals surface area contributed by atoms with E-state index in [-0.39, 0.29) is 17.5 Å². The van der Waals surface area contributed by atoms with E-state index in [1.54, 1.807) is 10.8 Å². The second-order valence-corrected chi connectivity index (χ2v) is 4.06. The van der Waals surface area contributed by atoms with Crippen LogP contribution in [0.25, 0.3) is 0 Å². The van der Waals surface area contributed by atoms with Crippen molar-refractivity contribution in [3.8, 4) is 0 Å². The molecule has 2 aromatic rings. The van der Waals surface area contributed by atoms with Gasteiger partial charge in [-0.25, -0.2) is 4.39 Å². The lowest BCUT2D eigenvalue weighted by atomic mass is 10.1. The van der Waals surface area contributed by atoms with E-state index in [1.165, 1.54) is 13.0 Å². The minimum absolute atomic E-state index is 0.0559. The second-order valence-electron chi connectivity index (χ2n) is 4.06. The molecule has 0 fully saturated rings. The minimum Gasteiger partial charge on any atom is -0.335 e. The van der Waals surface area contributed by atoms with Gasteiger partial charge in [0, 0.05) is 13.1 Å². The molecule has 88 valence electrons. The van der Waals surface area contributed by atoms with E-state index in [9.17, 15) is 9.18 Å². The smallest absolute Gasteiger partial charge is 0.179 e. The molecule has 2 nitrogen and oxygen atoms in total. The minimum atomic E-state index is -0.458. The van der Waals surface area contributed by atoms with Gasteiger partial charge in [0.2, 0.25) is 0 Å². The Labute approximate surface area is 99.7 Å². The van der Waals surface area contributed by atoms with Gasteiger partial charge in [0.25, 0.3) is 0 Å². The molecule has 3 heteroatoms. The number of hydrogen-bond donors (Lipinski definition) is 0. The van der Waals surface area contributed by atoms with E-state index in [1.807, 2.05) is 37.3 Å². The molecule has 0 aliphatic heterocycles. The van der Waals surface area contributed by atoms with Crippen molar-refractivity contribution in [1.29, 1.82) is 0 Å². The van der Waals surface area contributed by atoms with E-state index in [2.05, 4.69) is 0 Å². The van der Waals surface area contributed by atoms with Crippen LogP contribution in [0.1, 0.15) is 35.9 Å². The molecule has 1 heterocycles. The number of Topliss-reactive ketones (excluding diaryl/α,β-unsaturated/α-hetero) is 1. The lowest BCUT2D eigenvalue weighted by molar-refractivity contribution is 0.0999. The number of benzene rings is 1. The Bertz CT molecular complexity index is 530. The van der Waals surface area contributed by atoms with Gasteiger partial charge in [0.1, 0.15) is 5.69 Å². The van der Waals surface area contributed by atoms with Gasteiger partial charge in [-0.2, -0.15) is 0 Å². The van der Waals surface area contributed by atoms with Gasteiger partial charge in [0.05, 0.1) is 6.04 Å². The van der Waals surface area contributed by atoms with E-state index in [0.29, 0.717) is 0 Å². The fraction of sp³-hybridized carbons (Fsp3) is 0.214. The largest absolute Gasteiger partial charge is 0.335 e. The summed E-state index contributed by atoms with van der Waals surface area (Å²) in [6.45, 7) is 3.33. The second kappa shape index (κ2) is 4.53. The number of rotatable bonds is 3. The summed E-state index contributed by atoms with van der Waals surface area (Å²) < 4.78 is 15.2. The normalized spacial score (nSPS) is 12.4. The molecule has 0 amide bonds. The monoisotopic (exact) mass is 231 g/mol. The quantitative estimate of drug-likeness (QED) is 0.742. The van der Waals surface area contributed by atoms with Crippen molar-refractivity contribution >= 4 is 5.78 Å². The molecule has 0 N–H and O–H groups in total. The van der Waals surface area contributed by atoms with Crippen LogP contribution < -0.4 is 0 Å². The molecule has 1 aromatic heterocycles. The predicted octanol–water partition coefficient (Wildman–Crippen LogP) is 3.44. The third-order valence-corrected chi connectivity index (χ3v) is 2.90. The molecule has 0 unspecified atom stereocenters. The summed E-state index contributed by atoms with van der Waals surface area (Å²) >= 11 is 0. The van der Waals surface area contributed by atoms with Gasteiger partial charge >= 0.3 is 0 Å². The van der Waals surface area contributed by atoms with Gasteiger partial charge in [-0.1, -0.05) is 30.3 Å².